The van der Waals surface area contributed by atoms with Gasteiger partial charge in [-0.25, -0.2) is 8.42 Å². The van der Waals surface area contributed by atoms with Gasteiger partial charge >= 0.3 is 5.51 Å². The molecule has 4 nitrogen and oxygen atoms in total. The Hall–Kier alpha value is -0.340. The third-order valence-electron chi connectivity index (χ3n) is 2.37. The summed E-state index contributed by atoms with van der Waals surface area (Å²) in [6.07, 6.45) is 0. The maximum atomic E-state index is 10.7. The van der Waals surface area contributed by atoms with Crippen molar-refractivity contribution in [3.63, 3.8) is 0 Å². The Bertz CT molecular complexity index is 342. The number of alkyl halides is 3. The maximum Gasteiger partial charge on any atom is 0.485 e. The van der Waals surface area contributed by atoms with Crippen LogP contribution < -0.4 is 4.90 Å². The summed E-state index contributed by atoms with van der Waals surface area (Å²) in [6, 6.07) is 0. The van der Waals surface area contributed by atoms with E-state index >= 15 is 0 Å². The van der Waals surface area contributed by atoms with E-state index in [2.05, 4.69) is 41.5 Å². The number of nitrogens with one attached hydrogen (secondary N) is 1. The second-order valence-electron chi connectivity index (χ2n) is 6.44. The molecule has 130 valence electrons. The third kappa shape index (κ3) is 14.4. The van der Waals surface area contributed by atoms with Crippen LogP contribution in [0.2, 0.25) is 0 Å². The van der Waals surface area contributed by atoms with E-state index in [1.54, 1.807) is 4.90 Å². The second-order valence-corrected chi connectivity index (χ2v) is 7.81. The largest absolute Gasteiger partial charge is 0.741 e. The SMILES string of the molecule is CC(C)C[NH+](CC(C)C)CC(C)C.O=S(=O)([O-])C(F)(F)F. The standard InChI is InChI=1S/C12H27N.CHF3O3S/c1-10(2)7-13(8-11(3)4)9-12(5)6;2-1(3,4)8(5,6)7/h10-12H,7-9H2,1-6H3;(H,5,6,7). The summed E-state index contributed by atoms with van der Waals surface area (Å²) >= 11 is 0. The normalized spacial score (nSPS) is 13.0. The summed E-state index contributed by atoms with van der Waals surface area (Å²) in [5, 5.41) is 0. The topological polar surface area (TPSA) is 61.6 Å². The lowest BCUT2D eigenvalue weighted by molar-refractivity contribution is -0.909. The molecular weight excluding hydrogens is 307 g/mol. The van der Waals surface area contributed by atoms with Crippen molar-refractivity contribution in [1.29, 1.82) is 0 Å². The Morgan fingerprint density at radius 3 is 1.14 bits per heavy atom. The van der Waals surface area contributed by atoms with Crippen LogP contribution >= 0.6 is 0 Å². The number of halogens is 3. The van der Waals surface area contributed by atoms with Crippen molar-refractivity contribution in [2.24, 2.45) is 17.8 Å². The zero-order valence-electron chi connectivity index (χ0n) is 13.6. The van der Waals surface area contributed by atoms with Gasteiger partial charge in [0.25, 0.3) is 0 Å². The Labute approximate surface area is 126 Å². The Morgan fingerprint density at radius 1 is 0.857 bits per heavy atom. The molecule has 0 aliphatic heterocycles. The molecule has 0 saturated heterocycles. The summed E-state index contributed by atoms with van der Waals surface area (Å²) in [6.45, 7) is 17.9. The summed E-state index contributed by atoms with van der Waals surface area (Å²) < 4.78 is 58.9. The number of quaternary nitrogens is 1. The molecule has 0 heterocycles. The molecule has 0 saturated carbocycles. The highest BCUT2D eigenvalue weighted by Crippen LogP contribution is 2.20. The molecule has 0 rings (SSSR count). The lowest BCUT2D eigenvalue weighted by Crippen LogP contribution is -3.13. The molecule has 0 aromatic carbocycles. The van der Waals surface area contributed by atoms with Gasteiger partial charge in [-0.15, -0.1) is 0 Å². The van der Waals surface area contributed by atoms with E-state index in [9.17, 15) is 13.2 Å². The van der Waals surface area contributed by atoms with E-state index in [1.807, 2.05) is 0 Å². The highest BCUT2D eigenvalue weighted by Gasteiger charge is 2.36. The van der Waals surface area contributed by atoms with E-state index in [0.717, 1.165) is 17.8 Å². The van der Waals surface area contributed by atoms with Gasteiger partial charge in [-0.2, -0.15) is 13.2 Å². The molecule has 0 aromatic heterocycles. The van der Waals surface area contributed by atoms with Gasteiger partial charge in [0, 0.05) is 17.8 Å². The average molecular weight is 335 g/mol. The smallest absolute Gasteiger partial charge is 0.485 e. The summed E-state index contributed by atoms with van der Waals surface area (Å²) in [7, 11) is -6.09. The highest BCUT2D eigenvalue weighted by atomic mass is 32.2. The second kappa shape index (κ2) is 9.63. The highest BCUT2D eigenvalue weighted by molar-refractivity contribution is 7.86. The van der Waals surface area contributed by atoms with Gasteiger partial charge in [0.05, 0.1) is 19.6 Å². The van der Waals surface area contributed by atoms with Gasteiger partial charge in [-0.1, -0.05) is 41.5 Å². The zero-order chi connectivity index (χ0) is 17.4. The van der Waals surface area contributed by atoms with Crippen LogP contribution in [0.3, 0.4) is 0 Å². The Morgan fingerprint density at radius 2 is 1.05 bits per heavy atom. The Kier molecular flexibility index (Phi) is 10.5. The van der Waals surface area contributed by atoms with E-state index in [-0.39, 0.29) is 0 Å². The van der Waals surface area contributed by atoms with Crippen LogP contribution in [0, 0.1) is 17.8 Å². The first-order chi connectivity index (χ1) is 9.16. The van der Waals surface area contributed by atoms with Gasteiger partial charge in [0.15, 0.2) is 10.1 Å². The zero-order valence-corrected chi connectivity index (χ0v) is 14.4. The van der Waals surface area contributed by atoms with Gasteiger partial charge in [0.1, 0.15) is 0 Å². The third-order valence-corrected chi connectivity index (χ3v) is 2.94. The van der Waals surface area contributed by atoms with Crippen molar-refractivity contribution in [3.05, 3.63) is 0 Å². The molecule has 8 heteroatoms. The first-order valence-electron chi connectivity index (χ1n) is 7.02. The predicted octanol–water partition coefficient (Wildman–Crippen LogP) is 1.89. The first kappa shape index (κ1) is 22.9. The van der Waals surface area contributed by atoms with Crippen LogP contribution in [0.15, 0.2) is 0 Å². The molecule has 0 aliphatic carbocycles. The summed E-state index contributed by atoms with van der Waals surface area (Å²) in [5.74, 6) is 2.48. The molecular formula is C13H28F3NO3S. The molecule has 0 aliphatic rings. The fourth-order valence-corrected chi connectivity index (χ4v) is 1.98. The molecule has 0 unspecified atom stereocenters. The lowest BCUT2D eigenvalue weighted by atomic mass is 10.1. The van der Waals surface area contributed by atoms with Crippen molar-refractivity contribution < 1.29 is 31.0 Å². The van der Waals surface area contributed by atoms with E-state index < -0.39 is 15.6 Å². The van der Waals surface area contributed by atoms with Crippen LogP contribution in [0.4, 0.5) is 13.2 Å². The molecule has 0 bridgehead atoms. The molecule has 21 heavy (non-hydrogen) atoms. The monoisotopic (exact) mass is 335 g/mol. The molecule has 0 fully saturated rings. The molecule has 0 spiro atoms. The molecule has 0 aromatic rings. The number of rotatable bonds is 6. The van der Waals surface area contributed by atoms with Crippen molar-refractivity contribution in [2.45, 2.75) is 47.1 Å². The minimum Gasteiger partial charge on any atom is -0.741 e. The first-order valence-corrected chi connectivity index (χ1v) is 8.43. The van der Waals surface area contributed by atoms with Crippen molar-refractivity contribution in [3.8, 4) is 0 Å². The van der Waals surface area contributed by atoms with Crippen LogP contribution in [0.5, 0.6) is 0 Å². The fourth-order valence-electron chi connectivity index (χ4n) is 1.98. The molecule has 0 amide bonds. The van der Waals surface area contributed by atoms with E-state index in [4.69, 9.17) is 13.0 Å². The number of hydrogen-bond donors (Lipinski definition) is 1. The average Bonchev–Trinajstić information content (AvgIpc) is 2.10. The van der Waals surface area contributed by atoms with E-state index in [1.165, 1.54) is 19.6 Å². The summed E-state index contributed by atoms with van der Waals surface area (Å²) in [4.78, 5) is 1.78. The fraction of sp³-hybridized carbons (Fsp3) is 1.00. The lowest BCUT2D eigenvalue weighted by Gasteiger charge is -2.24. The van der Waals surface area contributed by atoms with Crippen molar-refractivity contribution in [1.82, 2.24) is 0 Å². The predicted molar refractivity (Wildman–Crippen MR) is 75.8 cm³/mol. The van der Waals surface area contributed by atoms with Gasteiger partial charge in [-0.3, -0.25) is 0 Å². The minimum absolute atomic E-state index is 0.826. The summed E-state index contributed by atoms with van der Waals surface area (Å²) in [5.41, 5.74) is -5.65. The van der Waals surface area contributed by atoms with Crippen molar-refractivity contribution in [2.75, 3.05) is 19.6 Å². The van der Waals surface area contributed by atoms with Crippen molar-refractivity contribution >= 4 is 10.1 Å². The van der Waals surface area contributed by atoms with Gasteiger partial charge in [0.2, 0.25) is 0 Å². The van der Waals surface area contributed by atoms with Gasteiger partial charge in [-0.05, 0) is 0 Å². The molecule has 1 N–H and O–H groups in total. The Balaban J connectivity index is 0. The van der Waals surface area contributed by atoms with E-state index in [0.29, 0.717) is 0 Å². The molecule has 0 atom stereocenters. The quantitative estimate of drug-likeness (QED) is 0.596. The van der Waals surface area contributed by atoms with Crippen LogP contribution in [-0.4, -0.2) is 38.1 Å². The van der Waals surface area contributed by atoms with Crippen LogP contribution in [0.25, 0.3) is 0 Å². The number of hydrogen-bond acceptors (Lipinski definition) is 3. The van der Waals surface area contributed by atoms with Crippen LogP contribution in [-0.2, 0) is 10.1 Å². The van der Waals surface area contributed by atoms with Gasteiger partial charge < -0.3 is 9.45 Å². The molecule has 0 radical (unpaired) electrons. The maximum absolute atomic E-state index is 10.7. The minimum atomic E-state index is -6.09. The van der Waals surface area contributed by atoms with Crippen LogP contribution in [0.1, 0.15) is 41.5 Å².